The Morgan fingerprint density at radius 3 is 2.50 bits per heavy atom. The smallest absolute Gasteiger partial charge is 0.147 e. The average Bonchev–Trinajstić information content (AvgIpc) is 2.48. The third kappa shape index (κ3) is 4.40. The molecule has 22 heavy (non-hydrogen) atoms. The Morgan fingerprint density at radius 1 is 1.18 bits per heavy atom. The van der Waals surface area contributed by atoms with Gasteiger partial charge in [-0.1, -0.05) is 24.6 Å². The Morgan fingerprint density at radius 2 is 1.86 bits per heavy atom. The van der Waals surface area contributed by atoms with Gasteiger partial charge in [0.15, 0.2) is 0 Å². The van der Waals surface area contributed by atoms with Crippen LogP contribution in [0.5, 0.6) is 5.75 Å². The molecule has 5 heteroatoms. The quantitative estimate of drug-likeness (QED) is 0.540. The number of hydrogen-bond acceptors (Lipinski definition) is 2. The zero-order valence-corrected chi connectivity index (χ0v) is 16.5. The molecule has 0 saturated carbocycles. The van der Waals surface area contributed by atoms with Gasteiger partial charge in [0.05, 0.1) is 15.6 Å². The van der Waals surface area contributed by atoms with Crippen molar-refractivity contribution < 1.29 is 4.74 Å². The maximum Gasteiger partial charge on any atom is 0.147 e. The minimum atomic E-state index is 0.705. The zero-order valence-electron chi connectivity index (χ0n) is 12.6. The lowest BCUT2D eigenvalue weighted by atomic mass is 10.1. The molecule has 0 aliphatic carbocycles. The molecule has 0 aromatic heterocycles. The van der Waals surface area contributed by atoms with E-state index >= 15 is 0 Å². The van der Waals surface area contributed by atoms with Gasteiger partial charge >= 0.3 is 0 Å². The second-order valence-corrected chi connectivity index (χ2v) is 7.12. The second-order valence-electron chi connectivity index (χ2n) is 5.00. The number of anilines is 1. The van der Waals surface area contributed by atoms with Crippen molar-refractivity contribution in [2.75, 3.05) is 11.9 Å². The topological polar surface area (TPSA) is 21.3 Å². The van der Waals surface area contributed by atoms with Crippen molar-refractivity contribution in [3.63, 3.8) is 0 Å². The van der Waals surface area contributed by atoms with Crippen molar-refractivity contribution in [1.82, 2.24) is 0 Å². The lowest BCUT2D eigenvalue weighted by molar-refractivity contribution is 0.313. The summed E-state index contributed by atoms with van der Waals surface area (Å²) in [6.45, 7) is 5.52. The van der Waals surface area contributed by atoms with Gasteiger partial charge in [-0.05, 0) is 80.6 Å². The number of rotatable bonds is 6. The van der Waals surface area contributed by atoms with Gasteiger partial charge in [-0.3, -0.25) is 0 Å². The van der Waals surface area contributed by atoms with Crippen LogP contribution in [0.15, 0.2) is 39.3 Å². The van der Waals surface area contributed by atoms with Gasteiger partial charge < -0.3 is 10.1 Å². The fraction of sp³-hybridized carbons (Fsp3) is 0.294. The minimum Gasteiger partial charge on any atom is -0.491 e. The van der Waals surface area contributed by atoms with E-state index in [4.69, 9.17) is 16.3 Å². The molecular formula is C17H18Br2ClNO. The Balaban J connectivity index is 2.12. The third-order valence-electron chi connectivity index (χ3n) is 3.26. The third-order valence-corrected chi connectivity index (χ3v) is 4.85. The summed E-state index contributed by atoms with van der Waals surface area (Å²) in [6.07, 6.45) is 0.982. The van der Waals surface area contributed by atoms with Crippen molar-refractivity contribution in [2.24, 2.45) is 0 Å². The van der Waals surface area contributed by atoms with Crippen LogP contribution >= 0.6 is 43.5 Å². The molecule has 0 atom stereocenters. The largest absolute Gasteiger partial charge is 0.491 e. The standard InChI is InChI=1S/C17H18Br2ClNO/c1-3-7-22-17-13(18)8-12(9-14(17)19)10-21-16-6-4-5-15(20)11(16)2/h4-6,8-9,21H,3,7,10H2,1-2H3. The van der Waals surface area contributed by atoms with Gasteiger partial charge in [0, 0.05) is 17.3 Å². The molecule has 2 aromatic rings. The molecule has 0 heterocycles. The molecule has 0 fully saturated rings. The van der Waals surface area contributed by atoms with Crippen LogP contribution in [-0.4, -0.2) is 6.61 Å². The molecule has 1 N–H and O–H groups in total. The Kier molecular flexibility index (Phi) is 6.60. The zero-order chi connectivity index (χ0) is 16.1. The van der Waals surface area contributed by atoms with E-state index in [-0.39, 0.29) is 0 Å². The number of hydrogen-bond donors (Lipinski definition) is 1. The minimum absolute atomic E-state index is 0.705. The average molecular weight is 448 g/mol. The highest BCUT2D eigenvalue weighted by atomic mass is 79.9. The summed E-state index contributed by atoms with van der Waals surface area (Å²) in [5, 5.41) is 4.19. The maximum absolute atomic E-state index is 6.14. The van der Waals surface area contributed by atoms with Gasteiger partial charge in [-0.2, -0.15) is 0 Å². The van der Waals surface area contributed by atoms with Crippen molar-refractivity contribution in [2.45, 2.75) is 26.8 Å². The normalized spacial score (nSPS) is 10.6. The first-order valence-electron chi connectivity index (χ1n) is 7.12. The van der Waals surface area contributed by atoms with Crippen LogP contribution < -0.4 is 10.1 Å². The predicted octanol–water partition coefficient (Wildman–Crippen LogP) is 6.57. The molecule has 0 radical (unpaired) electrons. The first-order valence-corrected chi connectivity index (χ1v) is 9.09. The summed E-state index contributed by atoms with van der Waals surface area (Å²) in [5.74, 6) is 0.851. The summed E-state index contributed by atoms with van der Waals surface area (Å²) < 4.78 is 7.65. The molecule has 0 aliphatic rings. The molecule has 0 spiro atoms. The molecule has 2 rings (SSSR count). The van der Waals surface area contributed by atoms with E-state index in [2.05, 4.69) is 56.2 Å². The van der Waals surface area contributed by atoms with E-state index in [1.54, 1.807) is 0 Å². The van der Waals surface area contributed by atoms with Gasteiger partial charge in [-0.25, -0.2) is 0 Å². The summed E-state index contributed by atoms with van der Waals surface area (Å²) in [6, 6.07) is 10.0. The molecule has 0 amide bonds. The van der Waals surface area contributed by atoms with E-state index in [1.807, 2.05) is 25.1 Å². The first kappa shape index (κ1) is 17.6. The number of benzene rings is 2. The van der Waals surface area contributed by atoms with Crippen LogP contribution in [0.3, 0.4) is 0 Å². The Hall–Kier alpha value is -0.710. The molecule has 0 unspecified atom stereocenters. The monoisotopic (exact) mass is 445 g/mol. The molecule has 2 nitrogen and oxygen atoms in total. The SMILES string of the molecule is CCCOc1c(Br)cc(CNc2cccc(Cl)c2C)cc1Br. The van der Waals surface area contributed by atoms with Crippen LogP contribution in [0.4, 0.5) is 5.69 Å². The molecule has 0 aliphatic heterocycles. The highest BCUT2D eigenvalue weighted by molar-refractivity contribution is 9.11. The predicted molar refractivity (Wildman–Crippen MR) is 101 cm³/mol. The van der Waals surface area contributed by atoms with Crippen molar-refractivity contribution in [3.8, 4) is 5.75 Å². The highest BCUT2D eigenvalue weighted by Gasteiger charge is 2.09. The number of ether oxygens (including phenoxy) is 1. The molecule has 2 aromatic carbocycles. The van der Waals surface area contributed by atoms with Crippen LogP contribution in [0, 0.1) is 6.92 Å². The van der Waals surface area contributed by atoms with E-state index in [0.717, 1.165) is 43.0 Å². The van der Waals surface area contributed by atoms with Crippen molar-refractivity contribution >= 4 is 49.1 Å². The van der Waals surface area contributed by atoms with E-state index in [0.29, 0.717) is 13.2 Å². The van der Waals surface area contributed by atoms with Crippen LogP contribution in [0.25, 0.3) is 0 Å². The van der Waals surface area contributed by atoms with Crippen LogP contribution in [-0.2, 0) is 6.54 Å². The molecule has 0 saturated heterocycles. The van der Waals surface area contributed by atoms with Gasteiger partial charge in [0.2, 0.25) is 0 Å². The number of halogens is 3. The van der Waals surface area contributed by atoms with Crippen molar-refractivity contribution in [3.05, 3.63) is 55.4 Å². The fourth-order valence-electron chi connectivity index (χ4n) is 2.05. The molecule has 0 bridgehead atoms. The second kappa shape index (κ2) is 8.23. The van der Waals surface area contributed by atoms with E-state index < -0.39 is 0 Å². The molecular weight excluding hydrogens is 429 g/mol. The number of nitrogens with one attached hydrogen (secondary N) is 1. The van der Waals surface area contributed by atoms with Gasteiger partial charge in [0.25, 0.3) is 0 Å². The van der Waals surface area contributed by atoms with Crippen molar-refractivity contribution in [1.29, 1.82) is 0 Å². The fourth-order valence-corrected chi connectivity index (χ4v) is 3.74. The Labute approximate surface area is 153 Å². The highest BCUT2D eigenvalue weighted by Crippen LogP contribution is 2.35. The Bertz CT molecular complexity index is 638. The van der Waals surface area contributed by atoms with E-state index in [9.17, 15) is 0 Å². The lowest BCUT2D eigenvalue weighted by Gasteiger charge is -2.14. The van der Waals surface area contributed by atoms with E-state index in [1.165, 1.54) is 0 Å². The van der Waals surface area contributed by atoms with Gasteiger partial charge in [0.1, 0.15) is 5.75 Å². The summed E-state index contributed by atoms with van der Waals surface area (Å²) in [5.41, 5.74) is 3.26. The van der Waals surface area contributed by atoms with Crippen LogP contribution in [0.1, 0.15) is 24.5 Å². The summed E-state index contributed by atoms with van der Waals surface area (Å²) >= 11 is 13.3. The molecule has 118 valence electrons. The summed E-state index contributed by atoms with van der Waals surface area (Å²) in [7, 11) is 0. The lowest BCUT2D eigenvalue weighted by Crippen LogP contribution is -2.03. The summed E-state index contributed by atoms with van der Waals surface area (Å²) in [4.78, 5) is 0. The maximum atomic E-state index is 6.14. The first-order chi connectivity index (χ1) is 10.5. The van der Waals surface area contributed by atoms with Crippen LogP contribution in [0.2, 0.25) is 5.02 Å². The van der Waals surface area contributed by atoms with Gasteiger partial charge in [-0.15, -0.1) is 0 Å².